The fraction of sp³-hybridized carbons (Fsp3) is 0.662. The van der Waals surface area contributed by atoms with E-state index < -0.39 is 188 Å². The molecular formula is C71H106N14O24S2. The fourth-order valence-corrected chi connectivity index (χ4v) is 15.0. The monoisotopic (exact) mass is 1600 g/mol. The number of carbonyl (C=O) groups excluding carboxylic acids is 12. The van der Waals surface area contributed by atoms with Gasteiger partial charge >= 0.3 is 6.03 Å². The van der Waals surface area contributed by atoms with Crippen LogP contribution >= 0.6 is 11.8 Å². The molecule has 38 nitrogen and oxygen atoms in total. The van der Waals surface area contributed by atoms with Gasteiger partial charge in [-0.2, -0.15) is 11.8 Å². The zero-order valence-electron chi connectivity index (χ0n) is 63.0. The second-order valence-corrected chi connectivity index (χ2v) is 29.5. The molecule has 616 valence electrons. The van der Waals surface area contributed by atoms with E-state index in [4.69, 9.17) is 43.6 Å². The first-order valence-corrected chi connectivity index (χ1v) is 39.6. The van der Waals surface area contributed by atoms with E-state index in [0.29, 0.717) is 152 Å². The first-order chi connectivity index (χ1) is 53.4. The largest absolute Gasteiger partial charge is 0.496 e. The van der Waals surface area contributed by atoms with Gasteiger partial charge in [0.05, 0.1) is 185 Å². The van der Waals surface area contributed by atoms with E-state index >= 15 is 9.00 Å². The van der Waals surface area contributed by atoms with Gasteiger partial charge < -0.3 is 106 Å². The van der Waals surface area contributed by atoms with Crippen molar-refractivity contribution in [2.24, 2.45) is 29.4 Å². The number of nitrogens with two attached hydrogens (primary N) is 1. The summed E-state index contributed by atoms with van der Waals surface area (Å²) < 4.78 is 61.7. The highest BCUT2D eigenvalue weighted by Gasteiger charge is 2.45. The van der Waals surface area contributed by atoms with Crippen molar-refractivity contribution in [2.45, 2.75) is 132 Å². The number of ketones is 2. The van der Waals surface area contributed by atoms with Gasteiger partial charge in [0.15, 0.2) is 11.6 Å². The lowest BCUT2D eigenvalue weighted by atomic mass is 9.85. The summed E-state index contributed by atoms with van der Waals surface area (Å²) in [6.45, 7) is 8.25. The number of hydrogen-bond acceptors (Lipinski definition) is 27. The standard InChI is InChI=1S/C71H106N14O24S2/c1-5-43(2)50-32-47(87)35-75-65(95)45-30-51-49-8-9-58(102-4)52(41-110-29-7-6-12-73-71(100)74-13-15-103-17-19-105-21-23-107-25-27-109-28-26-108-24-22-106-20-18-104-16-14-83-37-46(81-82-83)38-85-61(93)10-11-62(85)94)64(49)80-69(51)111(101)42-54(77-60(92)36-76-66(50)96)67(97)78-53(34-59(72)91)70(99)84-39-48(88)33-55(84)68(98)79-63(56(89)31-45)44(3)57(90)40-86/h8-11,37,43-45,48,50,53-55,57,63,80,86,88,90H,5-7,12-36,38-42H2,1-4H3,(H2,72,91)(H,75,95)(H,76,96)(H,77,92)(H,78,97)(H,79,98)(H2,73,74,100)/t43-,44-,45+,48+,50-,53-,54-,55-,57-,63-,111?/m0/s1. The molecule has 1 fully saturated rings. The number of benzene rings is 1. The molecule has 1 aromatic carbocycles. The van der Waals surface area contributed by atoms with Crippen molar-refractivity contribution >= 4 is 104 Å². The summed E-state index contributed by atoms with van der Waals surface area (Å²) in [4.78, 5) is 169. The van der Waals surface area contributed by atoms with Crippen LogP contribution in [0.25, 0.3) is 10.9 Å². The maximum absolute atomic E-state index is 15.4. The number of carbonyl (C=O) groups is 12. The first kappa shape index (κ1) is 89.8. The van der Waals surface area contributed by atoms with E-state index in [-0.39, 0.29) is 53.9 Å². The summed E-state index contributed by atoms with van der Waals surface area (Å²) in [7, 11) is -0.975. The number of aliphatic hydroxyl groups is 3. The van der Waals surface area contributed by atoms with Crippen LogP contribution in [0, 0.1) is 23.7 Å². The SMILES string of the molecule is CC[C@H](C)[C@@H]1CC(=O)CNC(=O)[C@H]2CC(=O)[C@H]([C@@H](C)[C@@H](O)CO)NC(=O)[C@@H]3C[C@@H](O)CN3C(=O)[C@H](CC(N)=O)NC(=O)[C@H](CS(=O)c3[nH]c4c(CSCCCCNC(=O)NCCOCCOCCOCCOCCOCCOCCOCCn5cc(CN6C(=O)C=CC6=O)nn5)c(OC)ccc4c3C2)NC(=O)CNC1=O. The Morgan fingerprint density at radius 2 is 1.38 bits per heavy atom. The Labute approximate surface area is 648 Å². The van der Waals surface area contributed by atoms with Crippen LogP contribution < -0.4 is 47.7 Å². The number of Topliss-reactive ketones (excluding diaryl/α,β-unsaturated/α-hetero) is 2. The number of nitrogens with one attached hydrogen (secondary N) is 8. The van der Waals surface area contributed by atoms with E-state index in [0.717, 1.165) is 9.80 Å². The number of primary amides is 1. The molecule has 4 aliphatic rings. The highest BCUT2D eigenvalue weighted by Crippen LogP contribution is 2.37. The number of methoxy groups -OCH3 is 1. The number of nitrogens with zero attached hydrogens (tertiary/aromatic N) is 5. The quantitative estimate of drug-likeness (QED) is 0.0196. The van der Waals surface area contributed by atoms with Crippen LogP contribution in [0.2, 0.25) is 0 Å². The summed E-state index contributed by atoms with van der Waals surface area (Å²) in [6.07, 6.45) is -0.0845. The minimum Gasteiger partial charge on any atom is -0.496 e. The second kappa shape index (κ2) is 47.2. The van der Waals surface area contributed by atoms with Gasteiger partial charge in [0, 0.05) is 85.5 Å². The predicted molar refractivity (Wildman–Crippen MR) is 397 cm³/mol. The number of urea groups is 1. The zero-order chi connectivity index (χ0) is 80.4. The molecule has 1 saturated heterocycles. The average molecular weight is 1600 g/mol. The van der Waals surface area contributed by atoms with E-state index in [1.807, 2.05) is 0 Å². The molecule has 7 rings (SSSR count). The number of rotatable bonds is 41. The molecule has 0 spiro atoms. The molecule has 0 radical (unpaired) electrons. The predicted octanol–water partition coefficient (Wildman–Crippen LogP) is -3.29. The molecule has 11 atom stereocenters. The minimum absolute atomic E-state index is 0.0577. The van der Waals surface area contributed by atoms with E-state index in [9.17, 15) is 68.1 Å². The van der Waals surface area contributed by atoms with Crippen LogP contribution in [-0.4, -0.2) is 307 Å². The summed E-state index contributed by atoms with van der Waals surface area (Å²) in [5, 5.41) is 58.6. The molecule has 2 bridgehead atoms. The van der Waals surface area contributed by atoms with Crippen molar-refractivity contribution in [1.82, 2.24) is 67.0 Å². The molecule has 4 aliphatic heterocycles. The number of unbranched alkanes of at least 4 members (excludes halogenated alkanes) is 1. The van der Waals surface area contributed by atoms with Crippen LogP contribution in [0.3, 0.4) is 0 Å². The Morgan fingerprint density at radius 1 is 0.757 bits per heavy atom. The van der Waals surface area contributed by atoms with Crippen molar-refractivity contribution < 1.29 is 115 Å². The Bertz CT molecular complexity index is 3680. The molecule has 0 aliphatic carbocycles. The third-order valence-electron chi connectivity index (χ3n) is 18.9. The van der Waals surface area contributed by atoms with Crippen LogP contribution in [0.5, 0.6) is 5.75 Å². The van der Waals surface area contributed by atoms with Crippen LogP contribution in [0.4, 0.5) is 4.79 Å². The molecular weight excluding hydrogens is 1500 g/mol. The number of imide groups is 1. The van der Waals surface area contributed by atoms with Gasteiger partial charge in [-0.25, -0.2) is 9.48 Å². The maximum Gasteiger partial charge on any atom is 0.314 e. The van der Waals surface area contributed by atoms with Gasteiger partial charge in [0.2, 0.25) is 41.4 Å². The maximum atomic E-state index is 15.4. The fourth-order valence-electron chi connectivity index (χ4n) is 12.6. The molecule has 13 N–H and O–H groups in total. The number of thioether (sulfide) groups is 1. The lowest BCUT2D eigenvalue weighted by Gasteiger charge is -2.32. The van der Waals surface area contributed by atoms with E-state index in [1.54, 1.807) is 36.9 Å². The van der Waals surface area contributed by atoms with E-state index in [2.05, 4.69) is 52.5 Å². The van der Waals surface area contributed by atoms with Crippen molar-refractivity contribution in [3.63, 3.8) is 0 Å². The first-order valence-electron chi connectivity index (χ1n) is 37.1. The molecule has 0 saturated carbocycles. The van der Waals surface area contributed by atoms with Gasteiger partial charge in [-0.05, 0) is 48.6 Å². The van der Waals surface area contributed by atoms with Crippen molar-refractivity contribution in [2.75, 3.05) is 150 Å². The third kappa shape index (κ3) is 28.6. The summed E-state index contributed by atoms with van der Waals surface area (Å²) in [6, 6.07) is -4.08. The summed E-state index contributed by atoms with van der Waals surface area (Å²) in [5.41, 5.74) is 7.23. The van der Waals surface area contributed by atoms with Crippen molar-refractivity contribution in [3.05, 3.63) is 47.3 Å². The van der Waals surface area contributed by atoms with Crippen LogP contribution in [-0.2, 0) is 122 Å². The number of fused-ring (bicyclic) bond motifs is 5. The Kier molecular flexibility index (Phi) is 38.2. The highest BCUT2D eigenvalue weighted by molar-refractivity contribution is 7.98. The number of aromatic nitrogens is 4. The van der Waals surface area contributed by atoms with Gasteiger partial charge in [0.25, 0.3) is 11.8 Å². The summed E-state index contributed by atoms with van der Waals surface area (Å²) >= 11 is 1.50. The summed E-state index contributed by atoms with van der Waals surface area (Å²) in [5.74, 6) is -12.9. The molecule has 2 aromatic heterocycles. The van der Waals surface area contributed by atoms with Gasteiger partial charge in [-0.15, -0.1) is 5.10 Å². The number of amides is 11. The van der Waals surface area contributed by atoms with E-state index in [1.165, 1.54) is 37.9 Å². The van der Waals surface area contributed by atoms with Gasteiger partial charge in [0.1, 0.15) is 34.6 Å². The minimum atomic E-state index is -2.42. The lowest BCUT2D eigenvalue weighted by Crippen LogP contribution is -2.60. The topological polar surface area (TPSA) is 520 Å². The number of aromatic amines is 1. The number of ether oxygens (including phenoxy) is 8. The number of aliphatic hydroxyl groups excluding tert-OH is 3. The molecule has 11 amide bonds. The lowest BCUT2D eigenvalue weighted by molar-refractivity contribution is -0.144. The second-order valence-electron chi connectivity index (χ2n) is 27.0. The normalized spacial score (nSPS) is 22.2. The van der Waals surface area contributed by atoms with Crippen molar-refractivity contribution in [3.8, 4) is 5.75 Å². The number of H-pyrrole nitrogens is 1. The third-order valence-corrected chi connectivity index (χ3v) is 21.4. The highest BCUT2D eigenvalue weighted by atomic mass is 32.2. The zero-order valence-corrected chi connectivity index (χ0v) is 64.7. The van der Waals surface area contributed by atoms with Gasteiger partial charge in [-0.3, -0.25) is 61.8 Å². The molecule has 111 heavy (non-hydrogen) atoms. The Hall–Kier alpha value is -8.42. The Morgan fingerprint density at radius 3 is 2.00 bits per heavy atom. The van der Waals surface area contributed by atoms with Crippen LogP contribution in [0.1, 0.15) is 82.5 Å². The molecule has 1 unspecified atom stereocenters. The Balaban J connectivity index is 0.878. The molecule has 6 heterocycles. The number of hydrogen-bond donors (Lipinski definition) is 12. The smallest absolute Gasteiger partial charge is 0.314 e. The van der Waals surface area contributed by atoms with Crippen molar-refractivity contribution in [1.29, 1.82) is 0 Å². The molecule has 3 aromatic rings. The van der Waals surface area contributed by atoms with Gasteiger partial charge in [-0.1, -0.05) is 32.4 Å². The molecule has 40 heteroatoms. The van der Waals surface area contributed by atoms with Crippen LogP contribution in [0.15, 0.2) is 35.5 Å². The average Bonchev–Trinajstić information content (AvgIpc) is 1.62.